The molecule has 0 fully saturated rings. The average molecular weight is 716 g/mol. The van der Waals surface area contributed by atoms with Crippen LogP contribution >= 0.6 is 0 Å². The lowest BCUT2D eigenvalue weighted by molar-refractivity contribution is -0.889. The summed E-state index contributed by atoms with van der Waals surface area (Å²) in [7, 11) is 5.38. The number of hydrogen-bond donors (Lipinski definition) is 0. The molecule has 0 rings (SSSR count). The van der Waals surface area contributed by atoms with E-state index in [-0.39, 0.29) is 42.7 Å². The first-order valence-corrected chi connectivity index (χ1v) is 19.8. The molecule has 8 heteroatoms. The number of carbonyl (C=O) groups is 3. The molecule has 51 heavy (non-hydrogen) atoms. The number of hydrogen-bond acceptors (Lipinski definition) is 7. The Morgan fingerprint density at radius 1 is 0.608 bits per heavy atom. The van der Waals surface area contributed by atoms with E-state index in [0.29, 0.717) is 12.8 Å². The third-order valence-electron chi connectivity index (χ3n) is 8.42. The van der Waals surface area contributed by atoms with Crippen LogP contribution in [0.2, 0.25) is 0 Å². The Balaban J connectivity index is 4.33. The molecule has 0 aliphatic rings. The number of likely N-dealkylation sites (N-methyl/N-ethyl adjacent to an activating group) is 1. The third-order valence-corrected chi connectivity index (χ3v) is 8.42. The van der Waals surface area contributed by atoms with Crippen LogP contribution in [0.1, 0.15) is 142 Å². The molecule has 0 saturated heterocycles. The fraction of sp³-hybridized carbons (Fsp3) is 0.698. The fourth-order valence-electron chi connectivity index (χ4n) is 5.33. The molecular formula is C43H73NO7. The van der Waals surface area contributed by atoms with Gasteiger partial charge in [-0.1, -0.05) is 126 Å². The maximum atomic E-state index is 12.5. The minimum atomic E-state index is -1.13. The summed E-state index contributed by atoms with van der Waals surface area (Å²) in [5, 5.41) is 11.6. The molecule has 0 aliphatic carbocycles. The van der Waals surface area contributed by atoms with Crippen LogP contribution in [0.3, 0.4) is 0 Å². The van der Waals surface area contributed by atoms with Crippen molar-refractivity contribution in [3.05, 3.63) is 60.8 Å². The minimum Gasteiger partial charge on any atom is -0.544 e. The highest BCUT2D eigenvalue weighted by molar-refractivity contribution is 5.70. The van der Waals surface area contributed by atoms with Gasteiger partial charge in [-0.2, -0.15) is 0 Å². The summed E-state index contributed by atoms with van der Waals surface area (Å²) in [5.74, 6) is -1.78. The van der Waals surface area contributed by atoms with Gasteiger partial charge in [0.1, 0.15) is 12.6 Å². The van der Waals surface area contributed by atoms with Gasteiger partial charge < -0.3 is 28.6 Å². The Morgan fingerprint density at radius 2 is 1.10 bits per heavy atom. The van der Waals surface area contributed by atoms with E-state index in [1.165, 1.54) is 25.7 Å². The predicted octanol–water partition coefficient (Wildman–Crippen LogP) is 8.91. The normalized spacial score (nSPS) is 13.7. The molecular weight excluding hydrogens is 642 g/mol. The number of esters is 2. The third kappa shape index (κ3) is 32.7. The van der Waals surface area contributed by atoms with E-state index < -0.39 is 18.1 Å². The molecule has 8 nitrogen and oxygen atoms in total. The van der Waals surface area contributed by atoms with E-state index in [1.54, 1.807) is 21.1 Å². The van der Waals surface area contributed by atoms with Crippen molar-refractivity contribution in [1.82, 2.24) is 0 Å². The van der Waals surface area contributed by atoms with Crippen LogP contribution in [0.4, 0.5) is 0 Å². The molecule has 0 heterocycles. The first-order valence-electron chi connectivity index (χ1n) is 19.8. The molecule has 0 spiro atoms. The number of carboxylic acids is 1. The summed E-state index contributed by atoms with van der Waals surface area (Å²) in [5.41, 5.74) is 0. The number of carbonyl (C=O) groups excluding carboxylic acids is 3. The lowest BCUT2D eigenvalue weighted by Crippen LogP contribution is -2.55. The maximum Gasteiger partial charge on any atom is 0.306 e. The Labute approximate surface area is 311 Å². The van der Waals surface area contributed by atoms with Gasteiger partial charge in [0.05, 0.1) is 40.3 Å². The Hall–Kier alpha value is -2.97. The van der Waals surface area contributed by atoms with E-state index in [0.717, 1.165) is 83.5 Å². The molecule has 0 aliphatic heterocycles. The van der Waals surface area contributed by atoms with Crippen LogP contribution in [0.25, 0.3) is 0 Å². The van der Waals surface area contributed by atoms with Crippen molar-refractivity contribution in [2.75, 3.05) is 41.0 Å². The van der Waals surface area contributed by atoms with Crippen molar-refractivity contribution in [1.29, 1.82) is 0 Å². The number of carboxylic acid groups (broad SMARTS) is 1. The van der Waals surface area contributed by atoms with Gasteiger partial charge in [-0.05, 0) is 57.8 Å². The van der Waals surface area contributed by atoms with E-state index in [9.17, 15) is 19.5 Å². The van der Waals surface area contributed by atoms with Gasteiger partial charge in [-0.3, -0.25) is 9.59 Å². The number of rotatable bonds is 34. The summed E-state index contributed by atoms with van der Waals surface area (Å²) >= 11 is 0. The minimum absolute atomic E-state index is 0.0305. The van der Waals surface area contributed by atoms with Gasteiger partial charge in [-0.25, -0.2) is 0 Å². The fourth-order valence-corrected chi connectivity index (χ4v) is 5.33. The largest absolute Gasteiger partial charge is 0.544 e. The molecule has 0 bridgehead atoms. The number of nitrogens with zero attached hydrogens (tertiary/aromatic N) is 1. The molecule has 0 aromatic rings. The van der Waals surface area contributed by atoms with Crippen LogP contribution in [-0.4, -0.2) is 75.5 Å². The number of ether oxygens (including phenoxy) is 3. The smallest absolute Gasteiger partial charge is 0.306 e. The van der Waals surface area contributed by atoms with Crippen LogP contribution in [0, 0.1) is 0 Å². The molecule has 0 N–H and O–H groups in total. The summed E-state index contributed by atoms with van der Waals surface area (Å²) < 4.78 is 17.0. The zero-order chi connectivity index (χ0) is 37.8. The van der Waals surface area contributed by atoms with Gasteiger partial charge >= 0.3 is 11.9 Å². The summed E-state index contributed by atoms with van der Waals surface area (Å²) in [6.45, 7) is 4.45. The number of allylic oxidation sites excluding steroid dienone is 10. The van der Waals surface area contributed by atoms with Crippen LogP contribution in [-0.2, 0) is 28.6 Å². The van der Waals surface area contributed by atoms with Crippen LogP contribution in [0.15, 0.2) is 60.8 Å². The topological polar surface area (TPSA) is 102 Å². The zero-order valence-corrected chi connectivity index (χ0v) is 33.0. The SMILES string of the molecule is CC/C=C/C/C=C/C/C=C/C/C=C/C/C=C/CCCCCCC(=O)OCC(COCCC(C(=O)[O-])[N+](C)(C)C)OC(=O)CCCCCCCCC. The van der Waals surface area contributed by atoms with Crippen molar-refractivity contribution in [2.45, 2.75) is 154 Å². The lowest BCUT2D eigenvalue weighted by Gasteiger charge is -2.34. The highest BCUT2D eigenvalue weighted by Crippen LogP contribution is 2.12. The number of aliphatic carboxylic acids is 1. The first-order chi connectivity index (χ1) is 24.6. The average Bonchev–Trinajstić information content (AvgIpc) is 3.08. The van der Waals surface area contributed by atoms with E-state index in [4.69, 9.17) is 14.2 Å². The summed E-state index contributed by atoms with van der Waals surface area (Å²) in [6, 6.07) is -0.728. The zero-order valence-electron chi connectivity index (χ0n) is 33.0. The van der Waals surface area contributed by atoms with Gasteiger partial charge in [0.2, 0.25) is 0 Å². The standard InChI is InChI=1S/C43H73NO7/c1-6-8-10-12-14-15-16-17-18-19-20-21-22-23-24-25-26-28-29-31-33-41(45)50-38-39(37-49-36-35-40(43(47)48)44(3,4)5)51-42(46)34-32-30-27-13-11-9-7-2/h8,10,14-15,17-18,20-21,23-24,39-40H,6-7,9,11-13,16,19,22,25-38H2,1-5H3/b10-8+,15-14+,18-17+,21-20+,24-23+. The second kappa shape index (κ2) is 34.1. The Kier molecular flexibility index (Phi) is 32.1. The molecule has 0 aromatic heterocycles. The van der Waals surface area contributed by atoms with Crippen molar-refractivity contribution in [3.63, 3.8) is 0 Å². The number of quaternary nitrogens is 1. The van der Waals surface area contributed by atoms with Gasteiger partial charge in [-0.15, -0.1) is 0 Å². The second-order valence-electron chi connectivity index (χ2n) is 14.1. The Morgan fingerprint density at radius 3 is 1.63 bits per heavy atom. The molecule has 2 unspecified atom stereocenters. The Bertz CT molecular complexity index is 1020. The highest BCUT2D eigenvalue weighted by Gasteiger charge is 2.25. The molecule has 0 radical (unpaired) electrons. The summed E-state index contributed by atoms with van der Waals surface area (Å²) in [4.78, 5) is 36.5. The molecule has 0 amide bonds. The van der Waals surface area contributed by atoms with Gasteiger partial charge in [0.15, 0.2) is 6.10 Å². The van der Waals surface area contributed by atoms with E-state index in [1.807, 2.05) is 0 Å². The van der Waals surface area contributed by atoms with E-state index in [2.05, 4.69) is 74.6 Å². The molecule has 292 valence electrons. The second-order valence-corrected chi connectivity index (χ2v) is 14.1. The maximum absolute atomic E-state index is 12.5. The van der Waals surface area contributed by atoms with Gasteiger partial charge in [0, 0.05) is 19.3 Å². The van der Waals surface area contributed by atoms with Crippen molar-refractivity contribution < 1.29 is 38.2 Å². The van der Waals surface area contributed by atoms with Crippen LogP contribution < -0.4 is 5.11 Å². The van der Waals surface area contributed by atoms with Gasteiger partial charge in [0.25, 0.3) is 0 Å². The molecule has 0 saturated carbocycles. The number of unbranched alkanes of at least 4 members (excludes halogenated alkanes) is 10. The van der Waals surface area contributed by atoms with Crippen molar-refractivity contribution in [3.8, 4) is 0 Å². The monoisotopic (exact) mass is 716 g/mol. The highest BCUT2D eigenvalue weighted by atomic mass is 16.6. The van der Waals surface area contributed by atoms with Crippen molar-refractivity contribution >= 4 is 17.9 Å². The first kappa shape index (κ1) is 48.0. The molecule has 0 aromatic carbocycles. The van der Waals surface area contributed by atoms with Crippen molar-refractivity contribution in [2.24, 2.45) is 0 Å². The summed E-state index contributed by atoms with van der Waals surface area (Å²) in [6.07, 6.45) is 39.7. The predicted molar refractivity (Wildman–Crippen MR) is 208 cm³/mol. The van der Waals surface area contributed by atoms with Crippen LogP contribution in [0.5, 0.6) is 0 Å². The quantitative estimate of drug-likeness (QED) is 0.0284. The molecule has 2 atom stereocenters. The lowest BCUT2D eigenvalue weighted by atomic mass is 10.1. The van der Waals surface area contributed by atoms with E-state index >= 15 is 0 Å².